The molecule has 0 aliphatic carbocycles. The van der Waals surface area contributed by atoms with Gasteiger partial charge < -0.3 is 10.2 Å². The van der Waals surface area contributed by atoms with E-state index < -0.39 is 11.7 Å². The fourth-order valence-electron chi connectivity index (χ4n) is 3.56. The molecule has 0 unspecified atom stereocenters. The third-order valence-corrected chi connectivity index (χ3v) is 5.10. The van der Waals surface area contributed by atoms with Gasteiger partial charge in [-0.25, -0.2) is 4.79 Å². The lowest BCUT2D eigenvalue weighted by atomic mass is 9.97. The molecule has 2 amide bonds. The molecule has 154 valence electrons. The highest BCUT2D eigenvalue weighted by molar-refractivity contribution is 5.89. The highest BCUT2D eigenvalue weighted by atomic mass is 19.4. The number of hydrogen-bond acceptors (Lipinski definition) is 4. The second-order valence-corrected chi connectivity index (χ2v) is 7.11. The summed E-state index contributed by atoms with van der Waals surface area (Å²) in [5.74, 6) is 0.177. The van der Waals surface area contributed by atoms with Gasteiger partial charge in [0.2, 0.25) is 0 Å². The van der Waals surface area contributed by atoms with Gasteiger partial charge in [-0.15, -0.1) is 10.2 Å². The van der Waals surface area contributed by atoms with Crippen LogP contribution in [0.25, 0.3) is 5.65 Å². The molecule has 1 saturated heterocycles. The molecule has 30 heavy (non-hydrogen) atoms. The fourth-order valence-corrected chi connectivity index (χ4v) is 3.56. The average molecular weight is 414 g/mol. The molecule has 1 fully saturated rings. The molecule has 1 atom stereocenters. The van der Waals surface area contributed by atoms with Crippen LogP contribution in [0.3, 0.4) is 0 Å². The van der Waals surface area contributed by atoms with Crippen molar-refractivity contribution in [3.05, 3.63) is 59.5 Å². The number of rotatable bonds is 2. The summed E-state index contributed by atoms with van der Waals surface area (Å²) in [5.41, 5.74) is 0.603. The first-order chi connectivity index (χ1) is 14.3. The molecule has 1 N–H and O–H groups in total. The number of piperidine rings is 1. The number of amides is 2. The van der Waals surface area contributed by atoms with Gasteiger partial charge in [-0.1, -0.05) is 0 Å². The minimum absolute atomic E-state index is 0.232. The van der Waals surface area contributed by atoms with Gasteiger partial charge in [0.05, 0.1) is 17.2 Å². The number of hydrogen-bond donors (Lipinski definition) is 1. The Morgan fingerprint density at radius 2 is 1.93 bits per heavy atom. The number of alkyl halides is 3. The molecule has 10 heteroatoms. The fraction of sp³-hybridized carbons (Fsp3) is 0.300. The number of likely N-dealkylation sites (tertiary alicyclic amines) is 1. The molecule has 2 aromatic heterocycles. The SMILES string of the molecule is N#Cc1ccc(NC(=O)N2CCC[C@@H](c3nnc4ccc(C(F)(F)F)cn34)C2)cc1. The highest BCUT2D eigenvalue weighted by Gasteiger charge is 2.32. The van der Waals surface area contributed by atoms with Gasteiger partial charge in [0, 0.05) is 30.9 Å². The highest BCUT2D eigenvalue weighted by Crippen LogP contribution is 2.31. The quantitative estimate of drug-likeness (QED) is 0.686. The van der Waals surface area contributed by atoms with Crippen molar-refractivity contribution in [2.45, 2.75) is 24.9 Å². The maximum absolute atomic E-state index is 13.1. The smallest absolute Gasteiger partial charge is 0.324 e. The maximum atomic E-state index is 13.1. The number of nitriles is 1. The van der Waals surface area contributed by atoms with E-state index in [1.165, 1.54) is 10.5 Å². The molecule has 0 bridgehead atoms. The van der Waals surface area contributed by atoms with E-state index in [9.17, 15) is 18.0 Å². The number of anilines is 1. The number of benzene rings is 1. The molecule has 7 nitrogen and oxygen atoms in total. The second-order valence-electron chi connectivity index (χ2n) is 7.11. The predicted octanol–water partition coefficient (Wildman–Crippen LogP) is 4.03. The van der Waals surface area contributed by atoms with Crippen LogP contribution >= 0.6 is 0 Å². The number of fused-ring (bicyclic) bond motifs is 1. The molecule has 1 aromatic carbocycles. The zero-order chi connectivity index (χ0) is 21.3. The Balaban J connectivity index is 1.52. The van der Waals surface area contributed by atoms with Crippen molar-refractivity contribution in [1.29, 1.82) is 5.26 Å². The van der Waals surface area contributed by atoms with Gasteiger partial charge in [-0.2, -0.15) is 18.4 Å². The standard InChI is InChI=1S/C20H17F3N6O/c21-20(22,23)15-5-8-17-26-27-18(29(17)12-15)14-2-1-9-28(11-14)19(30)25-16-6-3-13(10-24)4-7-16/h3-8,12,14H,1-2,9,11H2,(H,25,30)/t14-/m1/s1. The van der Waals surface area contributed by atoms with Crippen molar-refractivity contribution in [2.75, 3.05) is 18.4 Å². The Labute approximate surface area is 169 Å². The summed E-state index contributed by atoms with van der Waals surface area (Å²) in [7, 11) is 0. The molecule has 0 saturated carbocycles. The summed E-state index contributed by atoms with van der Waals surface area (Å²) in [5, 5.41) is 19.7. The van der Waals surface area contributed by atoms with Crippen molar-refractivity contribution in [2.24, 2.45) is 0 Å². The Morgan fingerprint density at radius 3 is 2.63 bits per heavy atom. The Hall–Kier alpha value is -3.61. The monoisotopic (exact) mass is 414 g/mol. The summed E-state index contributed by atoms with van der Waals surface area (Å²) in [6.07, 6.45) is -2.08. The van der Waals surface area contributed by atoms with Crippen molar-refractivity contribution in [3.8, 4) is 6.07 Å². The zero-order valence-corrected chi connectivity index (χ0v) is 15.7. The molecular weight excluding hydrogens is 397 g/mol. The lowest BCUT2D eigenvalue weighted by Gasteiger charge is -2.32. The van der Waals surface area contributed by atoms with Gasteiger partial charge in [-0.3, -0.25) is 4.40 Å². The van der Waals surface area contributed by atoms with Gasteiger partial charge in [0.1, 0.15) is 5.82 Å². The van der Waals surface area contributed by atoms with E-state index in [1.807, 2.05) is 6.07 Å². The van der Waals surface area contributed by atoms with Gasteiger partial charge in [0.15, 0.2) is 5.65 Å². The molecule has 4 rings (SSSR count). The summed E-state index contributed by atoms with van der Waals surface area (Å²) in [6, 6.07) is 10.5. The van der Waals surface area contributed by atoms with E-state index in [1.54, 1.807) is 29.2 Å². The Kier molecular flexibility index (Phi) is 5.03. The molecule has 1 aliphatic heterocycles. The molecule has 0 radical (unpaired) electrons. The molecule has 3 heterocycles. The van der Waals surface area contributed by atoms with E-state index in [2.05, 4.69) is 15.5 Å². The maximum Gasteiger partial charge on any atom is 0.417 e. The minimum atomic E-state index is -4.46. The second kappa shape index (κ2) is 7.67. The molecule has 3 aromatic rings. The number of halogens is 3. The van der Waals surface area contributed by atoms with Crippen molar-refractivity contribution < 1.29 is 18.0 Å². The van der Waals surface area contributed by atoms with Crippen LogP contribution in [-0.4, -0.2) is 38.6 Å². The van der Waals surface area contributed by atoms with Crippen LogP contribution in [0.5, 0.6) is 0 Å². The third-order valence-electron chi connectivity index (χ3n) is 5.10. The Bertz CT molecular complexity index is 1120. The number of pyridine rings is 1. The van der Waals surface area contributed by atoms with E-state index in [-0.39, 0.29) is 11.9 Å². The molecular formula is C20H17F3N6O. The van der Waals surface area contributed by atoms with Gasteiger partial charge in [-0.05, 0) is 49.2 Å². The van der Waals surface area contributed by atoms with E-state index in [4.69, 9.17) is 5.26 Å². The van der Waals surface area contributed by atoms with E-state index >= 15 is 0 Å². The predicted molar refractivity (Wildman–Crippen MR) is 102 cm³/mol. The van der Waals surface area contributed by atoms with Crippen LogP contribution in [0.1, 0.15) is 35.7 Å². The van der Waals surface area contributed by atoms with Crippen molar-refractivity contribution >= 4 is 17.4 Å². The largest absolute Gasteiger partial charge is 0.417 e. The van der Waals surface area contributed by atoms with E-state index in [0.717, 1.165) is 12.3 Å². The summed E-state index contributed by atoms with van der Waals surface area (Å²) >= 11 is 0. The minimum Gasteiger partial charge on any atom is -0.324 e. The van der Waals surface area contributed by atoms with E-state index in [0.29, 0.717) is 48.7 Å². The average Bonchev–Trinajstić information content (AvgIpc) is 3.17. The third kappa shape index (κ3) is 3.91. The zero-order valence-electron chi connectivity index (χ0n) is 15.7. The van der Waals surface area contributed by atoms with Crippen LogP contribution in [0, 0.1) is 11.3 Å². The van der Waals surface area contributed by atoms with Crippen LogP contribution in [0.4, 0.5) is 23.7 Å². The topological polar surface area (TPSA) is 86.3 Å². The Morgan fingerprint density at radius 1 is 1.17 bits per heavy atom. The number of nitrogens with one attached hydrogen (secondary N) is 1. The number of carbonyl (C=O) groups is 1. The summed E-state index contributed by atoms with van der Waals surface area (Å²) in [4.78, 5) is 14.3. The summed E-state index contributed by atoms with van der Waals surface area (Å²) in [6.45, 7) is 0.850. The lowest BCUT2D eigenvalue weighted by Crippen LogP contribution is -2.42. The van der Waals surface area contributed by atoms with Crippen LogP contribution < -0.4 is 5.32 Å². The normalized spacial score (nSPS) is 17.0. The van der Waals surface area contributed by atoms with Crippen molar-refractivity contribution in [1.82, 2.24) is 19.5 Å². The van der Waals surface area contributed by atoms with Crippen LogP contribution in [0.15, 0.2) is 42.6 Å². The molecule has 1 aliphatic rings. The number of urea groups is 1. The number of nitrogens with zero attached hydrogens (tertiary/aromatic N) is 5. The summed E-state index contributed by atoms with van der Waals surface area (Å²) < 4.78 is 40.6. The van der Waals surface area contributed by atoms with Gasteiger partial charge >= 0.3 is 12.2 Å². The molecule has 0 spiro atoms. The first kappa shape index (κ1) is 19.7. The van der Waals surface area contributed by atoms with Crippen LogP contribution in [-0.2, 0) is 6.18 Å². The van der Waals surface area contributed by atoms with Gasteiger partial charge in [0.25, 0.3) is 0 Å². The lowest BCUT2D eigenvalue weighted by molar-refractivity contribution is -0.137. The first-order valence-corrected chi connectivity index (χ1v) is 9.33. The first-order valence-electron chi connectivity index (χ1n) is 9.33. The van der Waals surface area contributed by atoms with Crippen LogP contribution in [0.2, 0.25) is 0 Å². The number of aromatic nitrogens is 3. The number of carbonyl (C=O) groups excluding carboxylic acids is 1. The van der Waals surface area contributed by atoms with Crippen molar-refractivity contribution in [3.63, 3.8) is 0 Å².